The van der Waals surface area contributed by atoms with Gasteiger partial charge >= 0.3 is 6.01 Å². The standard InChI is InChI=1S/C28H33FN8O3/c1-16-13-37(14-17(2)31-16)24-7-6-21(26-22(24)12-30-28(33-26)40-9-8-35(4)18(3)38)27(39)32-20-10-19-15-36(5)34-25(19)23(29)11-20/h6-7,10-12,15-17,31H,8-9,13-14H2,1-5H3,(H,32,39)/t16-,17-/m1/s1. The van der Waals surface area contributed by atoms with E-state index in [1.165, 1.54) is 22.6 Å². The number of piperazine rings is 1. The minimum atomic E-state index is -0.524. The summed E-state index contributed by atoms with van der Waals surface area (Å²) in [6.45, 7) is 7.87. The van der Waals surface area contributed by atoms with Crippen molar-refractivity contribution in [3.63, 3.8) is 0 Å². The summed E-state index contributed by atoms with van der Waals surface area (Å²) in [5.41, 5.74) is 2.18. The second-order valence-corrected chi connectivity index (χ2v) is 10.4. The number of likely N-dealkylation sites (N-methyl/N-ethyl adjacent to an activating group) is 1. The molecule has 210 valence electrons. The Hall–Kier alpha value is -4.32. The molecule has 11 nitrogen and oxygen atoms in total. The van der Waals surface area contributed by atoms with Crippen LogP contribution in [0.25, 0.3) is 21.8 Å². The fourth-order valence-corrected chi connectivity index (χ4v) is 5.06. The number of anilines is 2. The Morgan fingerprint density at radius 3 is 2.67 bits per heavy atom. The van der Waals surface area contributed by atoms with Crippen LogP contribution in [0.15, 0.2) is 36.7 Å². The highest BCUT2D eigenvalue weighted by atomic mass is 19.1. The van der Waals surface area contributed by atoms with Gasteiger partial charge in [0.05, 0.1) is 17.6 Å². The number of rotatable bonds is 7. The molecule has 4 aromatic rings. The summed E-state index contributed by atoms with van der Waals surface area (Å²) in [4.78, 5) is 37.9. The predicted molar refractivity (Wildman–Crippen MR) is 151 cm³/mol. The van der Waals surface area contributed by atoms with Gasteiger partial charge in [0.25, 0.3) is 5.91 Å². The number of amides is 2. The molecule has 1 aliphatic heterocycles. The van der Waals surface area contributed by atoms with E-state index in [0.717, 1.165) is 18.8 Å². The fraction of sp³-hybridized carbons (Fsp3) is 0.393. The predicted octanol–water partition coefficient (Wildman–Crippen LogP) is 2.95. The molecule has 40 heavy (non-hydrogen) atoms. The summed E-state index contributed by atoms with van der Waals surface area (Å²) in [6, 6.07) is 7.21. The number of hydrogen-bond donors (Lipinski definition) is 2. The summed E-state index contributed by atoms with van der Waals surface area (Å²) in [7, 11) is 3.39. The molecule has 0 aliphatic carbocycles. The molecule has 2 amide bonds. The third kappa shape index (κ3) is 5.67. The van der Waals surface area contributed by atoms with Crippen molar-refractivity contribution in [1.82, 2.24) is 30.0 Å². The van der Waals surface area contributed by atoms with Crippen LogP contribution in [-0.2, 0) is 11.8 Å². The van der Waals surface area contributed by atoms with E-state index in [9.17, 15) is 14.0 Å². The van der Waals surface area contributed by atoms with Crippen molar-refractivity contribution in [3.8, 4) is 6.01 Å². The topological polar surface area (TPSA) is 118 Å². The van der Waals surface area contributed by atoms with E-state index in [0.29, 0.717) is 34.1 Å². The molecule has 1 saturated heterocycles. The van der Waals surface area contributed by atoms with Gasteiger partial charge in [-0.2, -0.15) is 10.1 Å². The molecule has 12 heteroatoms. The van der Waals surface area contributed by atoms with Gasteiger partial charge in [-0.05, 0) is 38.1 Å². The molecule has 0 radical (unpaired) electrons. The van der Waals surface area contributed by atoms with Gasteiger partial charge in [0.2, 0.25) is 5.91 Å². The summed E-state index contributed by atoms with van der Waals surface area (Å²) >= 11 is 0. The van der Waals surface area contributed by atoms with Crippen molar-refractivity contribution in [1.29, 1.82) is 0 Å². The Balaban J connectivity index is 1.50. The molecule has 5 rings (SSSR count). The van der Waals surface area contributed by atoms with E-state index >= 15 is 0 Å². The monoisotopic (exact) mass is 548 g/mol. The highest BCUT2D eigenvalue weighted by Gasteiger charge is 2.25. The molecule has 0 spiro atoms. The van der Waals surface area contributed by atoms with E-state index in [4.69, 9.17) is 4.74 Å². The van der Waals surface area contributed by atoms with Crippen LogP contribution in [0.3, 0.4) is 0 Å². The first-order chi connectivity index (χ1) is 19.1. The van der Waals surface area contributed by atoms with Crippen LogP contribution >= 0.6 is 0 Å². The number of aryl methyl sites for hydroxylation is 1. The molecule has 1 aliphatic rings. The Bertz CT molecular complexity index is 1580. The zero-order valence-corrected chi connectivity index (χ0v) is 23.2. The number of carbonyl (C=O) groups is 2. The number of nitrogens with one attached hydrogen (secondary N) is 2. The van der Waals surface area contributed by atoms with Crippen molar-refractivity contribution in [2.45, 2.75) is 32.9 Å². The number of aromatic nitrogens is 4. The summed E-state index contributed by atoms with van der Waals surface area (Å²) in [6.07, 6.45) is 3.35. The van der Waals surface area contributed by atoms with Crippen LogP contribution in [0.1, 0.15) is 31.1 Å². The number of fused-ring (bicyclic) bond motifs is 2. The van der Waals surface area contributed by atoms with E-state index in [-0.39, 0.29) is 36.1 Å². The lowest BCUT2D eigenvalue weighted by molar-refractivity contribution is -0.127. The quantitative estimate of drug-likeness (QED) is 0.362. The lowest BCUT2D eigenvalue weighted by Gasteiger charge is -2.38. The smallest absolute Gasteiger partial charge is 0.317 e. The molecule has 2 atom stereocenters. The largest absolute Gasteiger partial charge is 0.462 e. The molecule has 0 unspecified atom stereocenters. The van der Waals surface area contributed by atoms with Crippen LogP contribution in [-0.4, -0.2) is 81.8 Å². The Morgan fingerprint density at radius 1 is 1.20 bits per heavy atom. The van der Waals surface area contributed by atoms with Gasteiger partial charge in [-0.1, -0.05) is 0 Å². The first-order valence-corrected chi connectivity index (χ1v) is 13.2. The van der Waals surface area contributed by atoms with Crippen LogP contribution in [0.2, 0.25) is 0 Å². The maximum Gasteiger partial charge on any atom is 0.317 e. The van der Waals surface area contributed by atoms with Crippen LogP contribution in [0.5, 0.6) is 6.01 Å². The Kier molecular flexibility index (Phi) is 7.53. The zero-order chi connectivity index (χ0) is 28.6. The Morgan fingerprint density at radius 2 is 1.95 bits per heavy atom. The van der Waals surface area contributed by atoms with Gasteiger partial charge in [0.15, 0.2) is 5.82 Å². The van der Waals surface area contributed by atoms with Gasteiger partial charge < -0.3 is 25.2 Å². The fourth-order valence-electron chi connectivity index (χ4n) is 5.06. The van der Waals surface area contributed by atoms with Crippen LogP contribution in [0.4, 0.5) is 15.8 Å². The first kappa shape index (κ1) is 27.3. The number of nitrogens with zero attached hydrogens (tertiary/aromatic N) is 6. The first-order valence-electron chi connectivity index (χ1n) is 13.2. The number of carbonyl (C=O) groups excluding carboxylic acids is 2. The molecule has 0 saturated carbocycles. The molecular formula is C28H33FN8O3. The third-order valence-electron chi connectivity index (χ3n) is 6.98. The van der Waals surface area contributed by atoms with Gasteiger partial charge in [-0.25, -0.2) is 9.37 Å². The number of hydrogen-bond acceptors (Lipinski definition) is 8. The summed E-state index contributed by atoms with van der Waals surface area (Å²) < 4.78 is 21.9. The van der Waals surface area contributed by atoms with E-state index in [1.54, 1.807) is 38.6 Å². The Labute approximate surface area is 231 Å². The molecule has 1 fully saturated rings. The molecule has 2 aromatic heterocycles. The van der Waals surface area contributed by atoms with E-state index < -0.39 is 11.7 Å². The zero-order valence-electron chi connectivity index (χ0n) is 23.2. The molecular weight excluding hydrogens is 515 g/mol. The number of benzene rings is 2. The summed E-state index contributed by atoms with van der Waals surface area (Å²) in [5, 5.41) is 11.7. The minimum absolute atomic E-state index is 0.0768. The molecule has 0 bridgehead atoms. The van der Waals surface area contributed by atoms with Crippen molar-refractivity contribution < 1.29 is 18.7 Å². The number of halogens is 1. The second kappa shape index (κ2) is 11.0. The van der Waals surface area contributed by atoms with Crippen molar-refractivity contribution in [2.24, 2.45) is 7.05 Å². The third-order valence-corrected chi connectivity index (χ3v) is 6.98. The molecule has 3 heterocycles. The lowest BCUT2D eigenvalue weighted by Crippen LogP contribution is -2.54. The maximum absolute atomic E-state index is 14.7. The van der Waals surface area contributed by atoms with Crippen LogP contribution < -0.4 is 20.3 Å². The second-order valence-electron chi connectivity index (χ2n) is 10.4. The average Bonchev–Trinajstić information content (AvgIpc) is 3.27. The van der Waals surface area contributed by atoms with Gasteiger partial charge in [0, 0.05) is 80.7 Å². The van der Waals surface area contributed by atoms with Crippen molar-refractivity contribution in [2.75, 3.05) is 43.5 Å². The normalized spacial score (nSPS) is 17.3. The number of ether oxygens (including phenoxy) is 1. The van der Waals surface area contributed by atoms with Crippen molar-refractivity contribution in [3.05, 3.63) is 48.0 Å². The van der Waals surface area contributed by atoms with Gasteiger partial charge in [-0.3, -0.25) is 14.3 Å². The minimum Gasteiger partial charge on any atom is -0.462 e. The molecule has 2 N–H and O–H groups in total. The van der Waals surface area contributed by atoms with Gasteiger partial charge in [0.1, 0.15) is 12.1 Å². The maximum atomic E-state index is 14.7. The highest BCUT2D eigenvalue weighted by molar-refractivity contribution is 6.14. The SMILES string of the molecule is CC(=O)N(C)CCOc1ncc2c(N3C[C@@H](C)N[C@H](C)C3)ccc(C(=O)Nc3cc(F)c4nn(C)cc4c3)c2n1. The highest BCUT2D eigenvalue weighted by Crippen LogP contribution is 2.31. The van der Waals surface area contributed by atoms with E-state index in [2.05, 4.69) is 44.4 Å². The summed E-state index contributed by atoms with van der Waals surface area (Å²) in [5.74, 6) is -1.04. The van der Waals surface area contributed by atoms with Crippen LogP contribution in [0, 0.1) is 5.82 Å². The molecule has 2 aromatic carbocycles. The van der Waals surface area contributed by atoms with Gasteiger partial charge in [-0.15, -0.1) is 0 Å². The lowest BCUT2D eigenvalue weighted by atomic mass is 10.0. The average molecular weight is 549 g/mol. The van der Waals surface area contributed by atoms with Crippen molar-refractivity contribution >= 4 is 45.0 Å². The van der Waals surface area contributed by atoms with E-state index in [1.807, 2.05) is 6.07 Å².